The molecule has 11 nitrogen and oxygen atoms in total. The number of carbonyl (C=O) groups excluding carboxylic acids is 2. The molecule has 0 bridgehead atoms. The topological polar surface area (TPSA) is 158 Å². The summed E-state index contributed by atoms with van der Waals surface area (Å²) in [7, 11) is -3.88. The maximum absolute atomic E-state index is 13.1. The number of carboxylic acids is 1. The number of nitrogens with one attached hydrogen (secondary N) is 3. The van der Waals surface area contributed by atoms with Crippen LogP contribution in [0.2, 0.25) is 0 Å². The van der Waals surface area contributed by atoms with Crippen molar-refractivity contribution in [2.24, 2.45) is 5.92 Å². The molecule has 0 saturated carbocycles. The smallest absolute Gasteiger partial charge is 0.328 e. The normalized spacial score (nSPS) is 16.3. The number of hydrogen-bond acceptors (Lipinski definition) is 7. The summed E-state index contributed by atoms with van der Waals surface area (Å²) in [5.41, 5.74) is 2.17. The van der Waals surface area contributed by atoms with Crippen LogP contribution in [0.15, 0.2) is 41.3 Å². The minimum Gasteiger partial charge on any atom is -0.480 e. The fourth-order valence-corrected chi connectivity index (χ4v) is 5.98. The van der Waals surface area contributed by atoms with Crippen molar-refractivity contribution < 1.29 is 32.3 Å². The van der Waals surface area contributed by atoms with Gasteiger partial charge in [-0.1, -0.05) is 6.07 Å². The van der Waals surface area contributed by atoms with Crippen molar-refractivity contribution in [2.75, 3.05) is 31.5 Å². The molecule has 1 saturated heterocycles. The van der Waals surface area contributed by atoms with E-state index in [9.17, 15) is 32.3 Å². The average molecular weight is 562 g/mol. The Bertz CT molecular complexity index is 1310. The molecule has 0 spiro atoms. The summed E-state index contributed by atoms with van der Waals surface area (Å²) in [6, 6.07) is 7.09. The van der Waals surface area contributed by atoms with Gasteiger partial charge in [-0.15, -0.1) is 0 Å². The van der Waals surface area contributed by atoms with Crippen molar-refractivity contribution in [1.82, 2.24) is 19.9 Å². The Morgan fingerprint density at radius 2 is 1.87 bits per heavy atom. The number of aryl methyl sites for hydroxylation is 2. The van der Waals surface area contributed by atoms with Crippen LogP contribution < -0.4 is 16.0 Å². The van der Waals surface area contributed by atoms with Gasteiger partial charge in [0.15, 0.2) is 0 Å². The van der Waals surface area contributed by atoms with Gasteiger partial charge in [0.05, 0.1) is 10.8 Å². The fourth-order valence-electron chi connectivity index (χ4n) is 4.45. The van der Waals surface area contributed by atoms with Crippen molar-refractivity contribution in [3.05, 3.63) is 53.5 Å². The summed E-state index contributed by atoms with van der Waals surface area (Å²) in [4.78, 5) is 40.9. The molecule has 13 heteroatoms. The number of aliphatic carboxylic acids is 1. The predicted molar refractivity (Wildman–Crippen MR) is 140 cm³/mol. The van der Waals surface area contributed by atoms with Crippen molar-refractivity contribution >= 4 is 33.6 Å². The molecule has 1 fully saturated rings. The summed E-state index contributed by atoms with van der Waals surface area (Å²) >= 11 is 0. The average Bonchev–Trinajstić information content (AvgIpc) is 2.88. The number of nitrogens with zero attached hydrogens (tertiary/aromatic N) is 2. The van der Waals surface area contributed by atoms with Gasteiger partial charge in [-0.2, -0.15) is 4.31 Å². The Labute approximate surface area is 226 Å². The van der Waals surface area contributed by atoms with Crippen molar-refractivity contribution in [2.45, 2.75) is 49.5 Å². The van der Waals surface area contributed by atoms with Crippen molar-refractivity contribution in [1.29, 1.82) is 0 Å². The SMILES string of the molecule is O=C(CCCCc1ccc2c(n1)NCCC2)NCC(NC(=O)C1CN(S(=O)(=O)c2ccc(F)cc2)C1)C(=O)O. The van der Waals surface area contributed by atoms with Crippen LogP contribution >= 0.6 is 0 Å². The van der Waals surface area contributed by atoms with Crippen molar-refractivity contribution in [3.63, 3.8) is 0 Å². The number of pyridine rings is 1. The highest BCUT2D eigenvalue weighted by Crippen LogP contribution is 2.25. The summed E-state index contributed by atoms with van der Waals surface area (Å²) in [5, 5.41) is 17.7. The number of carbonyl (C=O) groups is 3. The summed E-state index contributed by atoms with van der Waals surface area (Å²) in [5.74, 6) is -2.62. The largest absolute Gasteiger partial charge is 0.480 e. The maximum atomic E-state index is 13.1. The number of amides is 2. The highest BCUT2D eigenvalue weighted by atomic mass is 32.2. The zero-order chi connectivity index (χ0) is 28.0. The van der Waals surface area contributed by atoms with Gasteiger partial charge in [0.2, 0.25) is 21.8 Å². The Morgan fingerprint density at radius 1 is 1.13 bits per heavy atom. The van der Waals surface area contributed by atoms with Crippen LogP contribution in [0.1, 0.15) is 36.9 Å². The lowest BCUT2D eigenvalue weighted by Gasteiger charge is -2.37. The lowest BCUT2D eigenvalue weighted by molar-refractivity contribution is -0.143. The number of rotatable bonds is 12. The third-order valence-electron chi connectivity index (χ3n) is 6.83. The van der Waals surface area contributed by atoms with Crippen LogP contribution in [0.3, 0.4) is 0 Å². The summed E-state index contributed by atoms with van der Waals surface area (Å²) < 4.78 is 39.3. The Balaban J connectivity index is 1.16. The van der Waals surface area contributed by atoms with Gasteiger partial charge < -0.3 is 21.1 Å². The van der Waals surface area contributed by atoms with Gasteiger partial charge in [-0.25, -0.2) is 22.6 Å². The molecular formula is C26H32FN5O6S. The van der Waals surface area contributed by atoms with Gasteiger partial charge in [-0.3, -0.25) is 9.59 Å². The zero-order valence-electron chi connectivity index (χ0n) is 21.4. The lowest BCUT2D eigenvalue weighted by atomic mass is 10.0. The molecule has 0 radical (unpaired) electrons. The second kappa shape index (κ2) is 12.5. The highest BCUT2D eigenvalue weighted by Gasteiger charge is 2.41. The van der Waals surface area contributed by atoms with E-state index in [2.05, 4.69) is 27.0 Å². The second-order valence-corrected chi connectivity index (χ2v) is 11.7. The predicted octanol–water partition coefficient (Wildman–Crippen LogP) is 1.30. The van der Waals surface area contributed by atoms with Crippen LogP contribution in [0, 0.1) is 11.7 Å². The lowest BCUT2D eigenvalue weighted by Crippen LogP contribution is -2.58. The minimum atomic E-state index is -3.88. The summed E-state index contributed by atoms with van der Waals surface area (Å²) in [6.45, 7) is 0.376. The first-order valence-electron chi connectivity index (χ1n) is 12.9. The van der Waals surface area contributed by atoms with Crippen LogP contribution in [-0.2, 0) is 37.2 Å². The number of anilines is 1. The number of halogens is 1. The third-order valence-corrected chi connectivity index (χ3v) is 8.67. The molecule has 3 heterocycles. The van der Waals surface area contributed by atoms with E-state index in [1.807, 2.05) is 6.07 Å². The molecule has 1 aromatic heterocycles. The highest BCUT2D eigenvalue weighted by molar-refractivity contribution is 7.89. The van der Waals surface area contributed by atoms with Gasteiger partial charge in [0.1, 0.15) is 17.7 Å². The maximum Gasteiger partial charge on any atom is 0.328 e. The van der Waals surface area contributed by atoms with E-state index in [1.165, 1.54) is 5.56 Å². The number of carboxylic acid groups (broad SMARTS) is 1. The third kappa shape index (κ3) is 7.30. The fraction of sp³-hybridized carbons (Fsp3) is 0.462. The monoisotopic (exact) mass is 561 g/mol. The van der Waals surface area contributed by atoms with E-state index >= 15 is 0 Å². The van der Waals surface area contributed by atoms with E-state index in [0.717, 1.165) is 72.3 Å². The number of benzene rings is 1. The molecule has 1 atom stereocenters. The van der Waals surface area contributed by atoms with Crippen molar-refractivity contribution in [3.8, 4) is 0 Å². The van der Waals surface area contributed by atoms with Gasteiger partial charge in [0, 0.05) is 38.3 Å². The first kappa shape index (κ1) is 28.4. The molecule has 2 aliphatic rings. The standard InChI is InChI=1S/C26H32FN5O6S/c27-19-8-11-21(12-9-19)39(37,38)32-15-18(16-32)25(34)31-22(26(35)36)14-29-23(33)6-2-1-5-20-10-7-17-4-3-13-28-24(17)30-20/h7-12,18,22H,1-6,13-16H2,(H,28,30)(H,29,33)(H,31,34)(H,35,36). The van der Waals surface area contributed by atoms with Crippen LogP contribution in [0.4, 0.5) is 10.2 Å². The van der Waals surface area contributed by atoms with E-state index < -0.39 is 39.7 Å². The Morgan fingerprint density at radius 3 is 2.59 bits per heavy atom. The molecule has 2 aromatic rings. The molecule has 0 aliphatic carbocycles. The molecule has 1 aromatic carbocycles. The zero-order valence-corrected chi connectivity index (χ0v) is 22.2. The van der Waals surface area contributed by atoms with Crippen LogP contribution in [-0.4, -0.2) is 72.8 Å². The number of fused-ring (bicyclic) bond motifs is 1. The Hall–Kier alpha value is -3.58. The number of sulfonamides is 1. The molecule has 2 aliphatic heterocycles. The minimum absolute atomic E-state index is 0.0927. The first-order valence-corrected chi connectivity index (χ1v) is 14.4. The quantitative estimate of drug-likeness (QED) is 0.282. The van der Waals surface area contributed by atoms with Gasteiger partial charge in [-0.05, 0) is 68.0 Å². The van der Waals surface area contributed by atoms with Crippen LogP contribution in [0.25, 0.3) is 0 Å². The summed E-state index contributed by atoms with van der Waals surface area (Å²) in [6.07, 6.45) is 4.40. The molecule has 4 rings (SSSR count). The van der Waals surface area contributed by atoms with E-state index in [-0.39, 0.29) is 36.9 Å². The van der Waals surface area contributed by atoms with Crippen LogP contribution in [0.5, 0.6) is 0 Å². The molecule has 210 valence electrons. The molecule has 2 amide bonds. The van der Waals surface area contributed by atoms with Gasteiger partial charge >= 0.3 is 5.97 Å². The van der Waals surface area contributed by atoms with E-state index in [0.29, 0.717) is 6.42 Å². The molecule has 1 unspecified atom stereocenters. The second-order valence-electron chi connectivity index (χ2n) is 9.72. The number of hydrogen-bond donors (Lipinski definition) is 4. The van der Waals surface area contributed by atoms with E-state index in [4.69, 9.17) is 0 Å². The molecular weight excluding hydrogens is 529 g/mol. The number of unbranched alkanes of at least 4 members (excludes halogenated alkanes) is 1. The van der Waals surface area contributed by atoms with Gasteiger partial charge in [0.25, 0.3) is 0 Å². The van der Waals surface area contributed by atoms with E-state index in [1.54, 1.807) is 0 Å². The number of aromatic nitrogens is 1. The Kier molecular flexibility index (Phi) is 9.12. The molecule has 39 heavy (non-hydrogen) atoms. The first-order chi connectivity index (χ1) is 18.6. The molecule has 4 N–H and O–H groups in total.